The van der Waals surface area contributed by atoms with Crippen molar-refractivity contribution >= 4 is 11.8 Å². The molecule has 1 aromatic carbocycles. The number of hydrogen-bond acceptors (Lipinski definition) is 4. The number of fused-ring (bicyclic) bond motifs is 3. The summed E-state index contributed by atoms with van der Waals surface area (Å²) in [6.45, 7) is 8.70. The van der Waals surface area contributed by atoms with Gasteiger partial charge in [0.05, 0.1) is 6.54 Å². The first-order chi connectivity index (χ1) is 16.6. The van der Waals surface area contributed by atoms with Crippen LogP contribution in [0.3, 0.4) is 0 Å². The number of ether oxygens (including phenoxy) is 1. The zero-order chi connectivity index (χ0) is 23.9. The van der Waals surface area contributed by atoms with Gasteiger partial charge in [-0.05, 0) is 51.0 Å². The predicted octanol–water partition coefficient (Wildman–Crippen LogP) is 4.10. The highest BCUT2D eigenvalue weighted by Crippen LogP contribution is 2.31. The Morgan fingerprint density at radius 3 is 2.62 bits per heavy atom. The van der Waals surface area contributed by atoms with Gasteiger partial charge < -0.3 is 14.5 Å². The van der Waals surface area contributed by atoms with Crippen LogP contribution in [-0.4, -0.2) is 71.9 Å². The topological polar surface area (TPSA) is 53.1 Å². The normalized spacial score (nSPS) is 24.5. The van der Waals surface area contributed by atoms with Crippen molar-refractivity contribution in [2.45, 2.75) is 65.0 Å². The highest BCUT2D eigenvalue weighted by Gasteiger charge is 2.34. The Balaban J connectivity index is 1.55. The van der Waals surface area contributed by atoms with E-state index < -0.39 is 0 Å². The Bertz CT molecular complexity index is 860. The maximum atomic E-state index is 13.5. The summed E-state index contributed by atoms with van der Waals surface area (Å²) >= 11 is 0. The van der Waals surface area contributed by atoms with Crippen LogP contribution < -0.4 is 4.74 Å². The summed E-state index contributed by atoms with van der Waals surface area (Å²) in [4.78, 5) is 32.7. The fraction of sp³-hybridized carbons (Fsp3) is 0.643. The molecule has 2 bridgehead atoms. The molecule has 2 heterocycles. The van der Waals surface area contributed by atoms with Crippen molar-refractivity contribution in [3.63, 3.8) is 0 Å². The maximum absolute atomic E-state index is 13.5. The van der Waals surface area contributed by atoms with Crippen molar-refractivity contribution in [3.8, 4) is 5.75 Å². The number of amides is 2. The number of carbonyl (C=O) groups excluding carboxylic acids is 2. The maximum Gasteiger partial charge on any atom is 0.236 e. The molecular weight excluding hydrogens is 426 g/mol. The molecule has 1 aromatic rings. The summed E-state index contributed by atoms with van der Waals surface area (Å²) in [5.74, 6) is 1.78. The smallest absolute Gasteiger partial charge is 0.236 e. The molecule has 1 aliphatic carbocycles. The molecule has 4 rings (SSSR count). The molecule has 2 amide bonds. The van der Waals surface area contributed by atoms with Crippen LogP contribution in [0.1, 0.15) is 57.9 Å². The lowest BCUT2D eigenvalue weighted by atomic mass is 9.82. The van der Waals surface area contributed by atoms with Crippen LogP contribution in [0.5, 0.6) is 5.75 Å². The van der Waals surface area contributed by atoms with Gasteiger partial charge >= 0.3 is 0 Å². The van der Waals surface area contributed by atoms with Crippen LogP contribution >= 0.6 is 0 Å². The summed E-state index contributed by atoms with van der Waals surface area (Å²) < 4.78 is 6.18. The Morgan fingerprint density at radius 1 is 1.09 bits per heavy atom. The Labute approximate surface area is 204 Å². The second-order valence-corrected chi connectivity index (χ2v) is 10.0. The van der Waals surface area contributed by atoms with Gasteiger partial charge in [0.25, 0.3) is 0 Å². The number of para-hydroxylation sites is 1. The van der Waals surface area contributed by atoms with Crippen molar-refractivity contribution < 1.29 is 14.3 Å². The minimum Gasteiger partial charge on any atom is -0.489 e. The van der Waals surface area contributed by atoms with E-state index in [4.69, 9.17) is 4.74 Å². The average Bonchev–Trinajstić information content (AvgIpc) is 3.38. The summed E-state index contributed by atoms with van der Waals surface area (Å²) in [7, 11) is 0. The second-order valence-electron chi connectivity index (χ2n) is 10.0. The molecule has 2 aliphatic heterocycles. The number of nitrogens with zero attached hydrogens (tertiary/aromatic N) is 3. The van der Waals surface area contributed by atoms with Crippen LogP contribution in [0.25, 0.3) is 0 Å². The molecule has 6 nitrogen and oxygen atoms in total. The van der Waals surface area contributed by atoms with Gasteiger partial charge in [-0.1, -0.05) is 43.2 Å². The van der Waals surface area contributed by atoms with E-state index in [1.807, 2.05) is 35.8 Å². The SMILES string of the molecule is CCN(CC)C(=O)C[C@@H]1CCN2C[C@@H]1C=CCOc1ccccc1CN(C1CCCC1)CC2=O. The van der Waals surface area contributed by atoms with Gasteiger partial charge in [-0.2, -0.15) is 0 Å². The lowest BCUT2D eigenvalue weighted by molar-refractivity contribution is -0.136. The van der Waals surface area contributed by atoms with Gasteiger partial charge in [-0.15, -0.1) is 0 Å². The van der Waals surface area contributed by atoms with Gasteiger partial charge in [0.2, 0.25) is 11.8 Å². The van der Waals surface area contributed by atoms with Crippen LogP contribution in [-0.2, 0) is 16.1 Å². The van der Waals surface area contributed by atoms with Gasteiger partial charge in [-0.25, -0.2) is 0 Å². The highest BCUT2D eigenvalue weighted by atomic mass is 16.5. The van der Waals surface area contributed by atoms with Crippen molar-refractivity contribution in [2.75, 3.05) is 39.3 Å². The number of rotatable bonds is 5. The van der Waals surface area contributed by atoms with E-state index in [-0.39, 0.29) is 23.7 Å². The van der Waals surface area contributed by atoms with E-state index in [9.17, 15) is 9.59 Å². The van der Waals surface area contributed by atoms with Gasteiger partial charge in [0.15, 0.2) is 0 Å². The summed E-state index contributed by atoms with van der Waals surface area (Å²) in [6, 6.07) is 8.68. The highest BCUT2D eigenvalue weighted by molar-refractivity contribution is 5.79. The number of carbonyl (C=O) groups is 2. The van der Waals surface area contributed by atoms with Crippen molar-refractivity contribution in [1.82, 2.24) is 14.7 Å². The Morgan fingerprint density at radius 2 is 1.85 bits per heavy atom. The molecule has 0 spiro atoms. The third-order valence-corrected chi connectivity index (χ3v) is 7.96. The van der Waals surface area contributed by atoms with Crippen LogP contribution in [0.15, 0.2) is 36.4 Å². The molecule has 2 fully saturated rings. The van der Waals surface area contributed by atoms with Crippen LogP contribution in [0.4, 0.5) is 0 Å². The quantitative estimate of drug-likeness (QED) is 0.612. The summed E-state index contributed by atoms with van der Waals surface area (Å²) in [5, 5.41) is 0. The van der Waals surface area contributed by atoms with E-state index in [0.29, 0.717) is 32.2 Å². The fourth-order valence-electron chi connectivity index (χ4n) is 5.88. The van der Waals surface area contributed by atoms with Crippen molar-refractivity contribution in [3.05, 3.63) is 42.0 Å². The van der Waals surface area contributed by atoms with Crippen LogP contribution in [0, 0.1) is 11.8 Å². The molecule has 0 N–H and O–H groups in total. The predicted molar refractivity (Wildman–Crippen MR) is 134 cm³/mol. The van der Waals surface area contributed by atoms with Gasteiger partial charge in [0, 0.05) is 50.7 Å². The van der Waals surface area contributed by atoms with E-state index in [2.05, 4.69) is 29.2 Å². The standard InChI is InChI=1S/C28H41N3O3/c1-3-29(4-2)27(32)18-22-15-16-30-19-23(22)11-9-17-34-26-14-8-5-10-24(26)20-31(21-28(30)33)25-12-6-7-13-25/h5,8-11,14,22-23,25H,3-4,6-7,12-13,15-21H2,1-2H3/t22-,23-/m0/s1. The minimum atomic E-state index is 0.178. The third kappa shape index (κ3) is 6.01. The van der Waals surface area contributed by atoms with Crippen molar-refractivity contribution in [1.29, 1.82) is 0 Å². The van der Waals surface area contributed by atoms with Gasteiger partial charge in [-0.3, -0.25) is 14.5 Å². The molecule has 3 aliphatic rings. The van der Waals surface area contributed by atoms with E-state index >= 15 is 0 Å². The average molecular weight is 468 g/mol. The molecule has 34 heavy (non-hydrogen) atoms. The van der Waals surface area contributed by atoms with Crippen LogP contribution in [0.2, 0.25) is 0 Å². The second kappa shape index (κ2) is 11.9. The van der Waals surface area contributed by atoms with E-state index in [1.165, 1.54) is 12.8 Å². The fourth-order valence-corrected chi connectivity index (χ4v) is 5.88. The Hall–Kier alpha value is -2.34. The Kier molecular flexibility index (Phi) is 8.65. The summed E-state index contributed by atoms with van der Waals surface area (Å²) in [5.41, 5.74) is 1.15. The summed E-state index contributed by atoms with van der Waals surface area (Å²) in [6.07, 6.45) is 10.5. The molecule has 0 aromatic heterocycles. The first-order valence-electron chi connectivity index (χ1n) is 13.3. The molecule has 0 radical (unpaired) electrons. The zero-order valence-corrected chi connectivity index (χ0v) is 21.0. The van der Waals surface area contributed by atoms with E-state index in [1.54, 1.807) is 0 Å². The number of hydrogen-bond donors (Lipinski definition) is 0. The first-order valence-corrected chi connectivity index (χ1v) is 13.3. The molecule has 6 heteroatoms. The molecule has 0 unspecified atom stereocenters. The molecular formula is C28H41N3O3. The number of piperidine rings is 1. The zero-order valence-electron chi connectivity index (χ0n) is 21.0. The van der Waals surface area contributed by atoms with Crippen molar-refractivity contribution in [2.24, 2.45) is 11.8 Å². The largest absolute Gasteiger partial charge is 0.489 e. The lowest BCUT2D eigenvalue weighted by Crippen LogP contribution is -2.49. The monoisotopic (exact) mass is 467 g/mol. The third-order valence-electron chi connectivity index (χ3n) is 7.96. The first kappa shape index (κ1) is 24.8. The molecule has 1 saturated carbocycles. The van der Waals surface area contributed by atoms with E-state index in [0.717, 1.165) is 56.8 Å². The molecule has 186 valence electrons. The molecule has 1 saturated heterocycles. The minimum absolute atomic E-state index is 0.178. The lowest BCUT2D eigenvalue weighted by Gasteiger charge is -2.39. The number of benzene rings is 1. The van der Waals surface area contributed by atoms with Gasteiger partial charge in [0.1, 0.15) is 12.4 Å². The molecule has 2 atom stereocenters.